The van der Waals surface area contributed by atoms with Crippen molar-refractivity contribution in [3.63, 3.8) is 0 Å². The van der Waals surface area contributed by atoms with E-state index in [0.717, 1.165) is 31.6 Å². The molecule has 0 radical (unpaired) electrons. The van der Waals surface area contributed by atoms with Crippen LogP contribution >= 0.6 is 11.8 Å². The van der Waals surface area contributed by atoms with Crippen LogP contribution in [-0.4, -0.2) is 42.7 Å². The topological polar surface area (TPSA) is 64.4 Å². The van der Waals surface area contributed by atoms with E-state index in [-0.39, 0.29) is 18.1 Å². The number of rotatable bonds is 6. The van der Waals surface area contributed by atoms with E-state index in [2.05, 4.69) is 5.32 Å². The molecule has 1 saturated heterocycles. The van der Waals surface area contributed by atoms with E-state index in [4.69, 9.17) is 10.5 Å². The van der Waals surface area contributed by atoms with Gasteiger partial charge in [0.05, 0.1) is 18.2 Å². The van der Waals surface area contributed by atoms with E-state index >= 15 is 0 Å². The molecule has 16 heavy (non-hydrogen) atoms. The average molecular weight is 246 g/mol. The molecule has 3 N–H and O–H groups in total. The van der Waals surface area contributed by atoms with Gasteiger partial charge in [-0.05, 0) is 38.2 Å². The minimum atomic E-state index is -0.392. The Morgan fingerprint density at radius 2 is 2.44 bits per heavy atom. The Morgan fingerprint density at radius 3 is 3.00 bits per heavy atom. The maximum atomic E-state index is 11.7. The van der Waals surface area contributed by atoms with Crippen LogP contribution in [0, 0.1) is 0 Å². The zero-order chi connectivity index (χ0) is 12.0. The van der Waals surface area contributed by atoms with E-state index in [1.807, 2.05) is 13.2 Å². The predicted molar refractivity (Wildman–Crippen MR) is 67.6 cm³/mol. The number of amides is 1. The molecule has 1 rings (SSSR count). The van der Waals surface area contributed by atoms with Gasteiger partial charge in [0, 0.05) is 6.61 Å². The maximum absolute atomic E-state index is 11.7. The predicted octanol–water partition coefficient (Wildman–Crippen LogP) is 0.750. The molecule has 1 amide bonds. The lowest BCUT2D eigenvalue weighted by atomic mass is 10.1. The number of carbonyl (C=O) groups is 1. The number of nitrogens with two attached hydrogens (primary N) is 1. The van der Waals surface area contributed by atoms with Crippen molar-refractivity contribution in [3.8, 4) is 0 Å². The Bertz CT molecular complexity index is 220. The summed E-state index contributed by atoms with van der Waals surface area (Å²) in [6.45, 7) is 2.79. The molecule has 2 unspecified atom stereocenters. The summed E-state index contributed by atoms with van der Waals surface area (Å²) in [7, 11) is 0. The monoisotopic (exact) mass is 246 g/mol. The van der Waals surface area contributed by atoms with Crippen molar-refractivity contribution < 1.29 is 9.53 Å². The second-order valence-corrected chi connectivity index (χ2v) is 5.22. The molecule has 0 aromatic rings. The minimum absolute atomic E-state index is 0.0583. The van der Waals surface area contributed by atoms with Gasteiger partial charge in [0.2, 0.25) is 5.91 Å². The van der Waals surface area contributed by atoms with Crippen molar-refractivity contribution in [1.29, 1.82) is 0 Å². The number of hydrogen-bond donors (Lipinski definition) is 2. The van der Waals surface area contributed by atoms with Gasteiger partial charge in [0.25, 0.3) is 0 Å². The summed E-state index contributed by atoms with van der Waals surface area (Å²) in [6.07, 6.45) is 5.02. The summed E-state index contributed by atoms with van der Waals surface area (Å²) in [4.78, 5) is 11.7. The first kappa shape index (κ1) is 13.8. The lowest BCUT2D eigenvalue weighted by molar-refractivity contribution is -0.123. The molecule has 94 valence electrons. The van der Waals surface area contributed by atoms with Crippen LogP contribution in [0.4, 0.5) is 0 Å². The molecule has 1 aliphatic rings. The van der Waals surface area contributed by atoms with Crippen molar-refractivity contribution in [3.05, 3.63) is 0 Å². The van der Waals surface area contributed by atoms with Crippen LogP contribution in [0.2, 0.25) is 0 Å². The standard InChI is InChI=1S/C11H22N2O2S/c1-8(10-4-3-6-15-10)13-11(14)9(12)5-7-16-2/h8-10H,3-7,12H2,1-2H3,(H,13,14)/t8?,9-,10?/m0/s1. The fraction of sp³-hybridized carbons (Fsp3) is 0.909. The number of hydrogen-bond acceptors (Lipinski definition) is 4. The third-order valence-electron chi connectivity index (χ3n) is 2.86. The number of thioether (sulfide) groups is 1. The molecule has 1 aliphatic heterocycles. The van der Waals surface area contributed by atoms with Gasteiger partial charge in [-0.25, -0.2) is 0 Å². The molecular formula is C11H22N2O2S. The lowest BCUT2D eigenvalue weighted by Crippen LogP contribution is -2.48. The molecule has 4 nitrogen and oxygen atoms in total. The van der Waals surface area contributed by atoms with Gasteiger partial charge in [-0.3, -0.25) is 4.79 Å². The largest absolute Gasteiger partial charge is 0.376 e. The molecule has 1 fully saturated rings. The second kappa shape index (κ2) is 7.14. The van der Waals surface area contributed by atoms with Gasteiger partial charge >= 0.3 is 0 Å². The highest BCUT2D eigenvalue weighted by Gasteiger charge is 2.25. The Kier molecular flexibility index (Phi) is 6.16. The van der Waals surface area contributed by atoms with Crippen LogP contribution < -0.4 is 11.1 Å². The third-order valence-corrected chi connectivity index (χ3v) is 3.51. The van der Waals surface area contributed by atoms with Gasteiger partial charge in [-0.1, -0.05) is 0 Å². The normalized spacial score (nSPS) is 24.1. The van der Waals surface area contributed by atoms with Crippen LogP contribution in [0.25, 0.3) is 0 Å². The Morgan fingerprint density at radius 1 is 1.69 bits per heavy atom. The van der Waals surface area contributed by atoms with Crippen LogP contribution in [0.1, 0.15) is 26.2 Å². The van der Waals surface area contributed by atoms with Crippen molar-refractivity contribution >= 4 is 17.7 Å². The highest BCUT2D eigenvalue weighted by molar-refractivity contribution is 7.98. The molecule has 0 aliphatic carbocycles. The first-order valence-electron chi connectivity index (χ1n) is 5.81. The number of ether oxygens (including phenoxy) is 1. The fourth-order valence-corrected chi connectivity index (χ4v) is 2.29. The van der Waals surface area contributed by atoms with E-state index in [0.29, 0.717) is 0 Å². The van der Waals surface area contributed by atoms with Gasteiger partial charge in [-0.15, -0.1) is 0 Å². The highest BCUT2D eigenvalue weighted by Crippen LogP contribution is 2.15. The number of carbonyl (C=O) groups excluding carboxylic acids is 1. The van der Waals surface area contributed by atoms with Gasteiger partial charge < -0.3 is 15.8 Å². The van der Waals surface area contributed by atoms with Crippen molar-refractivity contribution in [2.24, 2.45) is 5.73 Å². The van der Waals surface area contributed by atoms with Gasteiger partial charge in [0.1, 0.15) is 0 Å². The molecule has 1 heterocycles. The van der Waals surface area contributed by atoms with Crippen molar-refractivity contribution in [2.45, 2.75) is 44.4 Å². The SMILES string of the molecule is CSCC[C@H](N)C(=O)NC(C)C1CCCO1. The van der Waals surface area contributed by atoms with Crippen LogP contribution in [0.3, 0.4) is 0 Å². The number of nitrogens with one attached hydrogen (secondary N) is 1. The summed E-state index contributed by atoms with van der Waals surface area (Å²) in [5.74, 6) is 0.861. The van der Waals surface area contributed by atoms with E-state index < -0.39 is 6.04 Å². The minimum Gasteiger partial charge on any atom is -0.376 e. The zero-order valence-corrected chi connectivity index (χ0v) is 10.9. The van der Waals surface area contributed by atoms with Crippen molar-refractivity contribution in [2.75, 3.05) is 18.6 Å². The van der Waals surface area contributed by atoms with Gasteiger partial charge in [0.15, 0.2) is 0 Å². The summed E-state index contributed by atoms with van der Waals surface area (Å²) in [5, 5.41) is 2.93. The maximum Gasteiger partial charge on any atom is 0.237 e. The summed E-state index contributed by atoms with van der Waals surface area (Å²) < 4.78 is 5.52. The molecular weight excluding hydrogens is 224 g/mol. The first-order valence-corrected chi connectivity index (χ1v) is 7.21. The van der Waals surface area contributed by atoms with E-state index in [1.165, 1.54) is 0 Å². The van der Waals surface area contributed by atoms with Crippen molar-refractivity contribution in [1.82, 2.24) is 5.32 Å². The molecule has 0 aromatic heterocycles. The molecule has 0 saturated carbocycles. The molecule has 5 heteroatoms. The average Bonchev–Trinajstić information content (AvgIpc) is 2.79. The van der Waals surface area contributed by atoms with E-state index in [1.54, 1.807) is 11.8 Å². The Labute approximate surface area is 102 Å². The third kappa shape index (κ3) is 4.31. The molecule has 0 spiro atoms. The van der Waals surface area contributed by atoms with Gasteiger partial charge in [-0.2, -0.15) is 11.8 Å². The molecule has 0 aromatic carbocycles. The molecule has 3 atom stereocenters. The fourth-order valence-electron chi connectivity index (χ4n) is 1.80. The lowest BCUT2D eigenvalue weighted by Gasteiger charge is -2.22. The quantitative estimate of drug-likeness (QED) is 0.726. The summed E-state index contributed by atoms with van der Waals surface area (Å²) in [6, 6.07) is -0.327. The van der Waals surface area contributed by atoms with Crippen LogP contribution in [-0.2, 0) is 9.53 Å². The van der Waals surface area contributed by atoms with E-state index in [9.17, 15) is 4.79 Å². The second-order valence-electron chi connectivity index (χ2n) is 4.24. The Hall–Kier alpha value is -0.260. The highest BCUT2D eigenvalue weighted by atomic mass is 32.2. The van der Waals surface area contributed by atoms with Crippen LogP contribution in [0.15, 0.2) is 0 Å². The van der Waals surface area contributed by atoms with Crippen LogP contribution in [0.5, 0.6) is 0 Å². The summed E-state index contributed by atoms with van der Waals surface area (Å²) in [5.41, 5.74) is 5.78. The smallest absolute Gasteiger partial charge is 0.237 e. The molecule has 0 bridgehead atoms. The zero-order valence-electron chi connectivity index (χ0n) is 10.1. The first-order chi connectivity index (χ1) is 7.65. The Balaban J connectivity index is 2.26. The summed E-state index contributed by atoms with van der Waals surface area (Å²) >= 11 is 1.71.